The molecule has 180 valence electrons. The van der Waals surface area contributed by atoms with E-state index in [1.807, 2.05) is 45.9 Å². The first kappa shape index (κ1) is 24.5. The molecule has 1 fully saturated rings. The number of aryl methyl sites for hydroxylation is 1. The van der Waals surface area contributed by atoms with Gasteiger partial charge in [-0.3, -0.25) is 9.59 Å². The average Bonchev–Trinajstić information content (AvgIpc) is 3.11. The van der Waals surface area contributed by atoms with Gasteiger partial charge in [0.1, 0.15) is 11.4 Å². The molecule has 0 atom stereocenters. The number of aromatic nitrogens is 2. The number of carbonyl (C=O) groups excluding carboxylic acids is 3. The monoisotopic (exact) mass is 458 g/mol. The van der Waals surface area contributed by atoms with Gasteiger partial charge in [0.2, 0.25) is 5.91 Å². The van der Waals surface area contributed by atoms with Crippen molar-refractivity contribution < 1.29 is 23.9 Å². The number of amides is 2. The van der Waals surface area contributed by atoms with Crippen LogP contribution in [0.3, 0.4) is 0 Å². The summed E-state index contributed by atoms with van der Waals surface area (Å²) in [6, 6.07) is 5.59. The molecule has 0 bridgehead atoms. The minimum absolute atomic E-state index is 0.0314. The summed E-state index contributed by atoms with van der Waals surface area (Å²) < 4.78 is 10.5. The van der Waals surface area contributed by atoms with Crippen LogP contribution in [0.4, 0.5) is 10.5 Å². The van der Waals surface area contributed by atoms with Gasteiger partial charge in [-0.05, 0) is 65.7 Å². The quantitative estimate of drug-likeness (QED) is 0.657. The Morgan fingerprint density at radius 1 is 1.18 bits per heavy atom. The van der Waals surface area contributed by atoms with Crippen molar-refractivity contribution in [2.45, 2.75) is 71.9 Å². The lowest BCUT2D eigenvalue weighted by Crippen LogP contribution is -2.50. The van der Waals surface area contributed by atoms with Gasteiger partial charge < -0.3 is 24.3 Å². The van der Waals surface area contributed by atoms with Crippen LogP contribution in [0.5, 0.6) is 0 Å². The smallest absolute Gasteiger partial charge is 0.410 e. The molecule has 2 heterocycles. The van der Waals surface area contributed by atoms with Crippen LogP contribution in [0, 0.1) is 6.92 Å². The minimum atomic E-state index is -0.555. The van der Waals surface area contributed by atoms with Crippen LogP contribution in [0.15, 0.2) is 18.2 Å². The van der Waals surface area contributed by atoms with Crippen molar-refractivity contribution in [1.29, 1.82) is 0 Å². The minimum Gasteiger partial charge on any atom is -0.466 e. The molecule has 9 heteroatoms. The van der Waals surface area contributed by atoms with Crippen LogP contribution < -0.4 is 4.90 Å². The third kappa shape index (κ3) is 6.46. The number of rotatable bonds is 6. The van der Waals surface area contributed by atoms with E-state index in [9.17, 15) is 14.4 Å². The highest BCUT2D eigenvalue weighted by molar-refractivity contribution is 5.97. The fraction of sp³-hybridized carbons (Fsp3) is 0.583. The van der Waals surface area contributed by atoms with Gasteiger partial charge in [-0.25, -0.2) is 9.78 Å². The van der Waals surface area contributed by atoms with E-state index in [1.54, 1.807) is 16.7 Å². The van der Waals surface area contributed by atoms with Crippen molar-refractivity contribution in [3.05, 3.63) is 24.0 Å². The molecule has 1 aromatic heterocycles. The molecule has 3 rings (SSSR count). The second-order valence-corrected chi connectivity index (χ2v) is 9.29. The van der Waals surface area contributed by atoms with E-state index in [4.69, 9.17) is 9.47 Å². The van der Waals surface area contributed by atoms with Crippen molar-refractivity contribution in [1.82, 2.24) is 14.9 Å². The normalized spacial score (nSPS) is 14.9. The molecule has 2 aromatic rings. The fourth-order valence-corrected chi connectivity index (χ4v) is 4.03. The summed E-state index contributed by atoms with van der Waals surface area (Å²) in [5.74, 6) is 0.266. The van der Waals surface area contributed by atoms with Gasteiger partial charge in [0, 0.05) is 31.2 Å². The van der Waals surface area contributed by atoms with Crippen LogP contribution in [0.2, 0.25) is 0 Å². The molecule has 1 aromatic carbocycles. The number of benzene rings is 1. The number of hydrogen-bond acceptors (Lipinski definition) is 6. The van der Waals surface area contributed by atoms with E-state index in [-0.39, 0.29) is 43.5 Å². The number of piperidine rings is 1. The predicted molar refractivity (Wildman–Crippen MR) is 125 cm³/mol. The molecule has 0 unspecified atom stereocenters. The Labute approximate surface area is 194 Å². The maximum Gasteiger partial charge on any atom is 0.410 e. The zero-order chi connectivity index (χ0) is 24.2. The molecule has 0 aliphatic carbocycles. The Balaban J connectivity index is 1.77. The highest BCUT2D eigenvalue weighted by Gasteiger charge is 2.32. The van der Waals surface area contributed by atoms with Crippen molar-refractivity contribution in [3.63, 3.8) is 0 Å². The van der Waals surface area contributed by atoms with Crippen LogP contribution in [0.1, 0.15) is 59.2 Å². The van der Waals surface area contributed by atoms with Crippen molar-refractivity contribution in [2.24, 2.45) is 0 Å². The first-order valence-corrected chi connectivity index (χ1v) is 11.5. The number of fused-ring (bicyclic) bond motifs is 1. The maximum absolute atomic E-state index is 13.3. The van der Waals surface area contributed by atoms with Gasteiger partial charge in [0.25, 0.3) is 0 Å². The number of nitrogens with one attached hydrogen (secondary N) is 1. The van der Waals surface area contributed by atoms with Gasteiger partial charge in [-0.1, -0.05) is 0 Å². The van der Waals surface area contributed by atoms with Gasteiger partial charge in [0.05, 0.1) is 24.1 Å². The molecule has 1 aliphatic heterocycles. The highest BCUT2D eigenvalue weighted by Crippen LogP contribution is 2.28. The van der Waals surface area contributed by atoms with Crippen molar-refractivity contribution >= 4 is 34.7 Å². The largest absolute Gasteiger partial charge is 0.466 e. The number of hydrogen-bond donors (Lipinski definition) is 1. The third-order valence-electron chi connectivity index (χ3n) is 5.46. The van der Waals surface area contributed by atoms with E-state index in [0.717, 1.165) is 22.5 Å². The number of nitrogens with zero attached hydrogens (tertiary/aromatic N) is 3. The standard InChI is InChI=1S/C24H34N4O5/c1-6-32-22(30)10-9-21(29)28(18-7-8-19-20(15-18)26-16(2)25-19)17-11-13-27(14-12-17)23(31)33-24(3,4)5/h7-8,15,17H,6,9-14H2,1-5H3,(H,25,26). The molecule has 33 heavy (non-hydrogen) atoms. The Morgan fingerprint density at radius 3 is 2.52 bits per heavy atom. The number of esters is 1. The van der Waals surface area contributed by atoms with Crippen LogP contribution in [-0.2, 0) is 19.1 Å². The van der Waals surface area contributed by atoms with E-state index in [2.05, 4.69) is 9.97 Å². The molecule has 9 nitrogen and oxygen atoms in total. The molecular weight excluding hydrogens is 424 g/mol. The summed E-state index contributed by atoms with van der Waals surface area (Å²) in [5.41, 5.74) is 1.85. The predicted octanol–water partition coefficient (Wildman–Crippen LogP) is 3.95. The van der Waals surface area contributed by atoms with E-state index < -0.39 is 5.60 Å². The molecule has 0 saturated carbocycles. The molecule has 1 aliphatic rings. The van der Waals surface area contributed by atoms with Gasteiger partial charge in [0.15, 0.2) is 0 Å². The van der Waals surface area contributed by atoms with Crippen LogP contribution >= 0.6 is 0 Å². The SMILES string of the molecule is CCOC(=O)CCC(=O)N(c1ccc2[nH]c(C)nc2c1)C1CCN(C(=O)OC(C)(C)C)CC1. The fourth-order valence-electron chi connectivity index (χ4n) is 4.03. The van der Waals surface area contributed by atoms with Gasteiger partial charge in [-0.15, -0.1) is 0 Å². The lowest BCUT2D eigenvalue weighted by molar-refractivity contribution is -0.144. The topological polar surface area (TPSA) is 105 Å². The number of likely N-dealkylation sites (tertiary alicyclic amines) is 1. The first-order valence-electron chi connectivity index (χ1n) is 11.5. The first-order chi connectivity index (χ1) is 15.6. The van der Waals surface area contributed by atoms with E-state index in [0.29, 0.717) is 25.9 Å². The molecular formula is C24H34N4O5. The second-order valence-electron chi connectivity index (χ2n) is 9.29. The Bertz CT molecular complexity index is 1000. The average molecular weight is 459 g/mol. The summed E-state index contributed by atoms with van der Waals surface area (Å²) >= 11 is 0. The molecule has 2 amide bonds. The zero-order valence-electron chi connectivity index (χ0n) is 20.1. The molecule has 0 radical (unpaired) electrons. The number of carbonyl (C=O) groups is 3. The third-order valence-corrected chi connectivity index (χ3v) is 5.46. The Hall–Kier alpha value is -3.10. The molecule has 1 N–H and O–H groups in total. The van der Waals surface area contributed by atoms with Gasteiger partial charge >= 0.3 is 12.1 Å². The maximum atomic E-state index is 13.3. The Morgan fingerprint density at radius 2 is 1.88 bits per heavy atom. The number of anilines is 1. The lowest BCUT2D eigenvalue weighted by atomic mass is 10.0. The number of imidazole rings is 1. The van der Waals surface area contributed by atoms with E-state index >= 15 is 0 Å². The van der Waals surface area contributed by atoms with E-state index in [1.165, 1.54) is 0 Å². The molecule has 1 saturated heterocycles. The number of H-pyrrole nitrogens is 1. The number of aromatic amines is 1. The second kappa shape index (κ2) is 10.2. The van der Waals surface area contributed by atoms with Crippen LogP contribution in [-0.4, -0.2) is 64.2 Å². The highest BCUT2D eigenvalue weighted by atomic mass is 16.6. The van der Waals surface area contributed by atoms with Crippen molar-refractivity contribution in [3.8, 4) is 0 Å². The summed E-state index contributed by atoms with van der Waals surface area (Å²) in [7, 11) is 0. The zero-order valence-corrected chi connectivity index (χ0v) is 20.1. The lowest BCUT2D eigenvalue weighted by Gasteiger charge is -2.39. The number of ether oxygens (including phenoxy) is 2. The van der Waals surface area contributed by atoms with Gasteiger partial charge in [-0.2, -0.15) is 0 Å². The summed E-state index contributed by atoms with van der Waals surface area (Å²) in [6.45, 7) is 10.4. The summed E-state index contributed by atoms with van der Waals surface area (Å²) in [6.07, 6.45) is 0.978. The molecule has 0 spiro atoms. The van der Waals surface area contributed by atoms with Crippen molar-refractivity contribution in [2.75, 3.05) is 24.6 Å². The summed E-state index contributed by atoms with van der Waals surface area (Å²) in [4.78, 5) is 48.7. The van der Waals surface area contributed by atoms with Crippen LogP contribution in [0.25, 0.3) is 11.0 Å². The Kier molecular flexibility index (Phi) is 7.61. The summed E-state index contributed by atoms with van der Waals surface area (Å²) in [5, 5.41) is 0.